The van der Waals surface area contributed by atoms with E-state index in [9.17, 15) is 10.2 Å². The Kier molecular flexibility index (Phi) is 6.57. The molecule has 0 aliphatic rings. The Morgan fingerprint density at radius 3 is 2.12 bits per heavy atom. The standard InChI is InChI=1S/C25H30N6O2/c1-16(2)30-15-27-22-23(28-25(29-24(22)30)31(17(3)32)18(4)33)26-14-19-10-12-21(13-11-19)20-8-6-5-7-9-20/h5-13,15-18,32-33H,14H2,1-4H3,(H,26,28,29). The maximum absolute atomic E-state index is 10.2. The van der Waals surface area contributed by atoms with E-state index in [1.165, 1.54) is 10.5 Å². The minimum atomic E-state index is -0.962. The second-order valence-electron chi connectivity index (χ2n) is 8.38. The van der Waals surface area contributed by atoms with Crippen LogP contribution in [-0.2, 0) is 6.54 Å². The molecule has 0 amide bonds. The highest BCUT2D eigenvalue weighted by Gasteiger charge is 2.23. The monoisotopic (exact) mass is 446 g/mol. The summed E-state index contributed by atoms with van der Waals surface area (Å²) in [6.07, 6.45) is -0.185. The summed E-state index contributed by atoms with van der Waals surface area (Å²) in [5.74, 6) is 0.782. The van der Waals surface area contributed by atoms with Gasteiger partial charge in [-0.25, -0.2) is 4.98 Å². The molecule has 8 heteroatoms. The van der Waals surface area contributed by atoms with Gasteiger partial charge < -0.3 is 20.1 Å². The number of aliphatic hydroxyl groups excluding tert-OH is 2. The van der Waals surface area contributed by atoms with Gasteiger partial charge in [0.25, 0.3) is 0 Å². The third kappa shape index (κ3) is 4.81. The molecule has 2 aromatic carbocycles. The second-order valence-corrected chi connectivity index (χ2v) is 8.38. The van der Waals surface area contributed by atoms with E-state index >= 15 is 0 Å². The van der Waals surface area contributed by atoms with Crippen LogP contribution >= 0.6 is 0 Å². The SMILES string of the molecule is CC(O)N(c1nc(NCc2ccc(-c3ccccc3)cc2)c2ncn(C(C)C)c2n1)C(C)O. The summed E-state index contributed by atoms with van der Waals surface area (Å²) < 4.78 is 1.95. The molecule has 0 radical (unpaired) electrons. The molecule has 3 N–H and O–H groups in total. The van der Waals surface area contributed by atoms with E-state index in [2.05, 4.69) is 56.7 Å². The molecule has 172 valence electrons. The molecule has 4 aromatic rings. The highest BCUT2D eigenvalue weighted by Crippen LogP contribution is 2.27. The lowest BCUT2D eigenvalue weighted by Gasteiger charge is -2.28. The Balaban J connectivity index is 1.65. The number of nitrogens with zero attached hydrogens (tertiary/aromatic N) is 5. The summed E-state index contributed by atoms with van der Waals surface area (Å²) in [6, 6.07) is 18.8. The average Bonchev–Trinajstić information content (AvgIpc) is 3.22. The lowest BCUT2D eigenvalue weighted by atomic mass is 10.0. The normalized spacial score (nSPS) is 13.3. The lowest BCUT2D eigenvalue weighted by molar-refractivity contribution is 0.103. The maximum atomic E-state index is 10.2. The molecule has 2 unspecified atom stereocenters. The molecule has 8 nitrogen and oxygen atoms in total. The first kappa shape index (κ1) is 22.7. The van der Waals surface area contributed by atoms with Gasteiger partial charge in [0, 0.05) is 12.6 Å². The van der Waals surface area contributed by atoms with Crippen molar-refractivity contribution in [2.24, 2.45) is 0 Å². The predicted molar refractivity (Wildman–Crippen MR) is 131 cm³/mol. The zero-order chi connectivity index (χ0) is 23.5. The molecule has 4 rings (SSSR count). The van der Waals surface area contributed by atoms with Crippen LogP contribution in [0.15, 0.2) is 60.9 Å². The maximum Gasteiger partial charge on any atom is 0.233 e. The van der Waals surface area contributed by atoms with Crippen LogP contribution < -0.4 is 10.2 Å². The molecule has 0 saturated heterocycles. The largest absolute Gasteiger partial charge is 0.374 e. The van der Waals surface area contributed by atoms with Gasteiger partial charge >= 0.3 is 0 Å². The summed E-state index contributed by atoms with van der Waals surface area (Å²) in [6.45, 7) is 7.78. The van der Waals surface area contributed by atoms with Crippen molar-refractivity contribution in [3.8, 4) is 11.1 Å². The van der Waals surface area contributed by atoms with Gasteiger partial charge in [0.1, 0.15) is 12.5 Å². The van der Waals surface area contributed by atoms with Crippen LogP contribution in [0.1, 0.15) is 39.3 Å². The van der Waals surface area contributed by atoms with Gasteiger partial charge in [0.15, 0.2) is 17.0 Å². The van der Waals surface area contributed by atoms with Crippen molar-refractivity contribution in [3.63, 3.8) is 0 Å². The summed E-state index contributed by atoms with van der Waals surface area (Å²) in [5, 5.41) is 23.8. The molecule has 0 aliphatic heterocycles. The molecule has 2 atom stereocenters. The van der Waals surface area contributed by atoms with E-state index in [1.54, 1.807) is 20.2 Å². The van der Waals surface area contributed by atoms with Crippen LogP contribution in [0.25, 0.3) is 22.3 Å². The van der Waals surface area contributed by atoms with Crippen LogP contribution in [0.5, 0.6) is 0 Å². The quantitative estimate of drug-likeness (QED) is 0.349. The molecule has 2 heterocycles. The van der Waals surface area contributed by atoms with E-state index < -0.39 is 12.5 Å². The third-order valence-electron chi connectivity index (χ3n) is 5.52. The molecule has 0 spiro atoms. The minimum absolute atomic E-state index is 0.141. The van der Waals surface area contributed by atoms with Crippen LogP contribution in [0.4, 0.5) is 11.8 Å². The zero-order valence-corrected chi connectivity index (χ0v) is 19.3. The number of rotatable bonds is 8. The van der Waals surface area contributed by atoms with Crippen molar-refractivity contribution in [2.45, 2.75) is 52.7 Å². The van der Waals surface area contributed by atoms with Gasteiger partial charge in [-0.2, -0.15) is 9.97 Å². The van der Waals surface area contributed by atoms with E-state index in [-0.39, 0.29) is 12.0 Å². The first-order valence-corrected chi connectivity index (χ1v) is 11.1. The van der Waals surface area contributed by atoms with Gasteiger partial charge in [0.05, 0.1) is 6.33 Å². The van der Waals surface area contributed by atoms with E-state index in [0.29, 0.717) is 23.5 Å². The Morgan fingerprint density at radius 2 is 1.52 bits per heavy atom. The molecule has 0 fully saturated rings. The van der Waals surface area contributed by atoms with E-state index in [0.717, 1.165) is 11.1 Å². The fourth-order valence-corrected chi connectivity index (χ4v) is 3.80. The molecule has 0 aliphatic carbocycles. The second kappa shape index (κ2) is 9.56. The van der Waals surface area contributed by atoms with Crippen molar-refractivity contribution in [3.05, 3.63) is 66.5 Å². The molecule has 0 saturated carbocycles. The Hall–Kier alpha value is -3.49. The topological polar surface area (TPSA) is 99.3 Å². The van der Waals surface area contributed by atoms with Gasteiger partial charge in [-0.05, 0) is 44.4 Å². The fourth-order valence-electron chi connectivity index (χ4n) is 3.80. The molecule has 33 heavy (non-hydrogen) atoms. The van der Waals surface area contributed by atoms with Crippen molar-refractivity contribution < 1.29 is 10.2 Å². The van der Waals surface area contributed by atoms with Crippen molar-refractivity contribution in [2.75, 3.05) is 10.2 Å². The van der Waals surface area contributed by atoms with Crippen molar-refractivity contribution in [1.82, 2.24) is 19.5 Å². The first-order chi connectivity index (χ1) is 15.8. The molecule has 2 aromatic heterocycles. The number of hydrogen-bond acceptors (Lipinski definition) is 7. The van der Waals surface area contributed by atoms with Gasteiger partial charge in [-0.1, -0.05) is 54.6 Å². The molecular weight excluding hydrogens is 416 g/mol. The van der Waals surface area contributed by atoms with Crippen LogP contribution in [0.3, 0.4) is 0 Å². The molecular formula is C25H30N6O2. The summed E-state index contributed by atoms with van der Waals surface area (Å²) in [4.78, 5) is 15.1. The highest BCUT2D eigenvalue weighted by molar-refractivity contribution is 5.84. The van der Waals surface area contributed by atoms with Gasteiger partial charge in [0.2, 0.25) is 5.95 Å². The highest BCUT2D eigenvalue weighted by atomic mass is 16.3. The zero-order valence-electron chi connectivity index (χ0n) is 19.3. The predicted octanol–water partition coefficient (Wildman–Crippen LogP) is 4.17. The Labute approximate surface area is 193 Å². The summed E-state index contributed by atoms with van der Waals surface area (Å²) in [5.41, 5.74) is 4.71. The number of fused-ring (bicyclic) bond motifs is 1. The number of benzene rings is 2. The third-order valence-corrected chi connectivity index (χ3v) is 5.52. The van der Waals surface area contributed by atoms with Crippen LogP contribution in [0, 0.1) is 0 Å². The fraction of sp³-hybridized carbons (Fsp3) is 0.320. The molecule has 0 bridgehead atoms. The smallest absolute Gasteiger partial charge is 0.233 e. The van der Waals surface area contributed by atoms with Crippen LogP contribution in [0.2, 0.25) is 0 Å². The number of nitrogens with one attached hydrogen (secondary N) is 1. The van der Waals surface area contributed by atoms with E-state index in [1.807, 2.05) is 36.6 Å². The van der Waals surface area contributed by atoms with Crippen LogP contribution in [-0.4, -0.2) is 42.2 Å². The summed E-state index contributed by atoms with van der Waals surface area (Å²) >= 11 is 0. The number of anilines is 2. The number of aromatic nitrogens is 4. The van der Waals surface area contributed by atoms with Crippen molar-refractivity contribution in [1.29, 1.82) is 0 Å². The number of hydrogen-bond donors (Lipinski definition) is 3. The first-order valence-electron chi connectivity index (χ1n) is 11.1. The number of aliphatic hydroxyl groups is 2. The summed E-state index contributed by atoms with van der Waals surface area (Å²) in [7, 11) is 0. The minimum Gasteiger partial charge on any atom is -0.374 e. The average molecular weight is 447 g/mol. The van der Waals surface area contributed by atoms with Gasteiger partial charge in [-0.3, -0.25) is 4.90 Å². The van der Waals surface area contributed by atoms with E-state index in [4.69, 9.17) is 0 Å². The number of imidazole rings is 1. The van der Waals surface area contributed by atoms with Gasteiger partial charge in [-0.15, -0.1) is 0 Å². The Bertz CT molecular complexity index is 1200. The lowest BCUT2D eigenvalue weighted by Crippen LogP contribution is -2.41. The Morgan fingerprint density at radius 1 is 0.879 bits per heavy atom. The van der Waals surface area contributed by atoms with Crippen molar-refractivity contribution >= 4 is 22.9 Å².